The highest BCUT2D eigenvalue weighted by molar-refractivity contribution is 7.80. The van der Waals surface area contributed by atoms with Crippen molar-refractivity contribution in [2.24, 2.45) is 0 Å². The molecule has 5 heteroatoms. The summed E-state index contributed by atoms with van der Waals surface area (Å²) in [5, 5.41) is 1.48. The van der Waals surface area contributed by atoms with Crippen LogP contribution in [0.5, 0.6) is 0 Å². The standard InChI is InChI=1S/C19H22BFO2S/c1-18(2)19(3,4)23-20(22-18)14(12-24)11-13-9-10-17(21)16-8-6-5-7-15(13)16/h5-11,24H,12H2,1-4H3. The van der Waals surface area contributed by atoms with Crippen molar-refractivity contribution >= 4 is 36.6 Å². The van der Waals surface area contributed by atoms with Gasteiger partial charge in [-0.05, 0) is 50.2 Å². The molecule has 0 aromatic heterocycles. The third-order valence-corrected chi connectivity index (χ3v) is 5.35. The Morgan fingerprint density at radius 2 is 1.62 bits per heavy atom. The molecule has 0 unspecified atom stereocenters. The molecular weight excluding hydrogens is 322 g/mol. The molecule has 126 valence electrons. The minimum atomic E-state index is -0.448. The molecule has 0 N–H and O–H groups in total. The SMILES string of the molecule is CC1(C)OB(C(=Cc2ccc(F)c3ccccc23)CS)OC1(C)C. The molecule has 1 heterocycles. The molecule has 1 aliphatic rings. The maximum atomic E-state index is 14.0. The Kier molecular flexibility index (Phi) is 4.54. The van der Waals surface area contributed by atoms with Crippen LogP contribution in [-0.4, -0.2) is 24.1 Å². The summed E-state index contributed by atoms with van der Waals surface area (Å²) in [6.45, 7) is 8.10. The summed E-state index contributed by atoms with van der Waals surface area (Å²) in [7, 11) is -0.448. The van der Waals surface area contributed by atoms with Crippen LogP contribution in [0.3, 0.4) is 0 Å². The summed E-state index contributed by atoms with van der Waals surface area (Å²) in [6, 6.07) is 10.7. The van der Waals surface area contributed by atoms with Crippen LogP contribution in [-0.2, 0) is 9.31 Å². The van der Waals surface area contributed by atoms with E-state index >= 15 is 0 Å². The zero-order chi connectivity index (χ0) is 17.5. The molecule has 0 amide bonds. The molecule has 0 spiro atoms. The smallest absolute Gasteiger partial charge is 0.400 e. The second-order valence-corrected chi connectivity index (χ2v) is 7.46. The van der Waals surface area contributed by atoms with Gasteiger partial charge in [-0.3, -0.25) is 0 Å². The van der Waals surface area contributed by atoms with E-state index < -0.39 is 18.3 Å². The molecule has 2 aromatic rings. The lowest BCUT2D eigenvalue weighted by molar-refractivity contribution is 0.00578. The van der Waals surface area contributed by atoms with Gasteiger partial charge in [0.1, 0.15) is 5.82 Å². The summed E-state index contributed by atoms with van der Waals surface area (Å²) in [5.74, 6) is 0.286. The van der Waals surface area contributed by atoms with Gasteiger partial charge in [0, 0.05) is 11.1 Å². The molecule has 2 aromatic carbocycles. The molecule has 0 atom stereocenters. The van der Waals surface area contributed by atoms with Crippen molar-refractivity contribution in [3.8, 4) is 0 Å². The minimum Gasteiger partial charge on any atom is -0.400 e. The number of rotatable bonds is 3. The summed E-state index contributed by atoms with van der Waals surface area (Å²) >= 11 is 4.45. The quantitative estimate of drug-likeness (QED) is 0.629. The van der Waals surface area contributed by atoms with Gasteiger partial charge >= 0.3 is 7.12 Å². The predicted octanol–water partition coefficient (Wildman–Crippen LogP) is 4.92. The summed E-state index contributed by atoms with van der Waals surface area (Å²) < 4.78 is 26.2. The van der Waals surface area contributed by atoms with E-state index in [2.05, 4.69) is 12.6 Å². The highest BCUT2D eigenvalue weighted by atomic mass is 32.1. The van der Waals surface area contributed by atoms with Crippen molar-refractivity contribution < 1.29 is 13.7 Å². The third kappa shape index (κ3) is 3.01. The van der Waals surface area contributed by atoms with Gasteiger partial charge in [-0.1, -0.05) is 36.4 Å². The van der Waals surface area contributed by atoms with E-state index in [1.54, 1.807) is 12.1 Å². The first-order chi connectivity index (χ1) is 11.2. The van der Waals surface area contributed by atoms with Crippen molar-refractivity contribution in [3.63, 3.8) is 0 Å². The number of halogens is 1. The first kappa shape index (κ1) is 17.5. The van der Waals surface area contributed by atoms with Gasteiger partial charge in [-0.15, -0.1) is 0 Å². The number of hydrogen-bond donors (Lipinski definition) is 1. The highest BCUT2D eigenvalue weighted by Gasteiger charge is 2.52. The summed E-state index contributed by atoms with van der Waals surface area (Å²) in [6.07, 6.45) is 2.00. The van der Waals surface area contributed by atoms with Crippen LogP contribution in [0.15, 0.2) is 41.9 Å². The van der Waals surface area contributed by atoms with E-state index in [1.807, 2.05) is 52.0 Å². The van der Waals surface area contributed by atoms with Crippen LogP contribution in [0.1, 0.15) is 33.3 Å². The second kappa shape index (κ2) is 6.21. The monoisotopic (exact) mass is 344 g/mol. The molecule has 2 nitrogen and oxygen atoms in total. The van der Waals surface area contributed by atoms with Crippen molar-refractivity contribution in [3.05, 3.63) is 53.3 Å². The largest absolute Gasteiger partial charge is 0.491 e. The average Bonchev–Trinajstić information content (AvgIpc) is 2.75. The number of hydrogen-bond acceptors (Lipinski definition) is 3. The third-order valence-electron chi connectivity index (χ3n) is 4.98. The Labute approximate surface area is 148 Å². The molecule has 0 saturated carbocycles. The molecule has 24 heavy (non-hydrogen) atoms. The lowest BCUT2D eigenvalue weighted by Gasteiger charge is -2.32. The second-order valence-electron chi connectivity index (χ2n) is 7.15. The van der Waals surface area contributed by atoms with E-state index in [9.17, 15) is 4.39 Å². The number of fused-ring (bicyclic) bond motifs is 1. The number of benzene rings is 2. The highest BCUT2D eigenvalue weighted by Crippen LogP contribution is 2.39. The molecule has 1 saturated heterocycles. The van der Waals surface area contributed by atoms with Crippen LogP contribution < -0.4 is 0 Å². The molecule has 0 bridgehead atoms. The fourth-order valence-electron chi connectivity index (χ4n) is 2.79. The Morgan fingerprint density at radius 3 is 2.21 bits per heavy atom. The van der Waals surface area contributed by atoms with Gasteiger partial charge in [-0.2, -0.15) is 12.6 Å². The van der Waals surface area contributed by atoms with Crippen molar-refractivity contribution in [1.29, 1.82) is 0 Å². The van der Waals surface area contributed by atoms with Gasteiger partial charge in [0.2, 0.25) is 0 Å². The van der Waals surface area contributed by atoms with Crippen LogP contribution >= 0.6 is 12.6 Å². The maximum Gasteiger partial charge on any atom is 0.491 e. The van der Waals surface area contributed by atoms with Crippen LogP contribution in [0.4, 0.5) is 4.39 Å². The van der Waals surface area contributed by atoms with Gasteiger partial charge < -0.3 is 9.31 Å². The number of thiol groups is 1. The van der Waals surface area contributed by atoms with E-state index in [1.165, 1.54) is 6.07 Å². The normalized spacial score (nSPS) is 19.9. The van der Waals surface area contributed by atoms with E-state index in [-0.39, 0.29) is 5.82 Å². The topological polar surface area (TPSA) is 18.5 Å². The lowest BCUT2D eigenvalue weighted by atomic mass is 9.78. The Hall–Kier alpha value is -1.30. The molecular formula is C19H22BFO2S. The predicted molar refractivity (Wildman–Crippen MR) is 102 cm³/mol. The first-order valence-electron chi connectivity index (χ1n) is 8.09. The van der Waals surface area contributed by atoms with E-state index in [4.69, 9.17) is 9.31 Å². The molecule has 1 aliphatic heterocycles. The molecule has 0 aliphatic carbocycles. The van der Waals surface area contributed by atoms with Crippen LogP contribution in [0.25, 0.3) is 16.8 Å². The fraction of sp³-hybridized carbons (Fsp3) is 0.368. The Bertz CT molecular complexity index is 785. The van der Waals surface area contributed by atoms with Crippen LogP contribution in [0, 0.1) is 5.82 Å². The first-order valence-corrected chi connectivity index (χ1v) is 8.72. The Morgan fingerprint density at radius 1 is 1.04 bits per heavy atom. The Balaban J connectivity index is 2.03. The van der Waals surface area contributed by atoms with Crippen LogP contribution in [0.2, 0.25) is 0 Å². The lowest BCUT2D eigenvalue weighted by Crippen LogP contribution is -2.41. The molecule has 0 radical (unpaired) electrons. The van der Waals surface area contributed by atoms with E-state index in [0.717, 1.165) is 16.4 Å². The van der Waals surface area contributed by atoms with Gasteiger partial charge in [0.05, 0.1) is 11.2 Å². The summed E-state index contributed by atoms with van der Waals surface area (Å²) in [4.78, 5) is 0. The van der Waals surface area contributed by atoms with E-state index in [0.29, 0.717) is 11.1 Å². The van der Waals surface area contributed by atoms with Crippen molar-refractivity contribution in [1.82, 2.24) is 0 Å². The zero-order valence-electron chi connectivity index (χ0n) is 14.5. The fourth-order valence-corrected chi connectivity index (χ4v) is 3.03. The van der Waals surface area contributed by atoms with Crippen molar-refractivity contribution in [2.75, 3.05) is 5.75 Å². The van der Waals surface area contributed by atoms with Gasteiger partial charge in [-0.25, -0.2) is 4.39 Å². The van der Waals surface area contributed by atoms with Gasteiger partial charge in [0.25, 0.3) is 0 Å². The maximum absolute atomic E-state index is 14.0. The zero-order valence-corrected chi connectivity index (χ0v) is 15.4. The minimum absolute atomic E-state index is 0.217. The van der Waals surface area contributed by atoms with Crippen molar-refractivity contribution in [2.45, 2.75) is 38.9 Å². The summed E-state index contributed by atoms with van der Waals surface area (Å²) in [5.41, 5.74) is 1.06. The average molecular weight is 344 g/mol. The molecule has 1 fully saturated rings. The van der Waals surface area contributed by atoms with Gasteiger partial charge in [0.15, 0.2) is 0 Å². The molecule has 3 rings (SSSR count).